The molecule has 0 N–H and O–H groups in total. The molecule has 2 aromatic carbocycles. The van der Waals surface area contributed by atoms with E-state index < -0.39 is 0 Å². The Morgan fingerprint density at radius 2 is 1.44 bits per heavy atom. The predicted octanol–water partition coefficient (Wildman–Crippen LogP) is 2.88. The second kappa shape index (κ2) is 5.61. The summed E-state index contributed by atoms with van der Waals surface area (Å²) in [5, 5.41) is 0. The van der Waals surface area contributed by atoms with E-state index >= 15 is 0 Å². The fourth-order valence-electron chi connectivity index (χ4n) is 2.56. The summed E-state index contributed by atoms with van der Waals surface area (Å²) >= 11 is 0. The van der Waals surface area contributed by atoms with Gasteiger partial charge in [-0.1, -0.05) is 55.0 Å². The van der Waals surface area contributed by atoms with Crippen molar-refractivity contribution in [2.45, 2.75) is 5.92 Å². The van der Waals surface area contributed by atoms with Crippen LogP contribution in [-0.4, -0.2) is 13.1 Å². The fourth-order valence-corrected chi connectivity index (χ4v) is 2.56. The van der Waals surface area contributed by atoms with E-state index in [0.29, 0.717) is 6.61 Å². The van der Waals surface area contributed by atoms with E-state index in [1.165, 1.54) is 28.7 Å². The van der Waals surface area contributed by atoms with Crippen molar-refractivity contribution in [2.75, 3.05) is 6.61 Å². The van der Waals surface area contributed by atoms with Gasteiger partial charge in [0.15, 0.2) is 0 Å². The van der Waals surface area contributed by atoms with E-state index in [0.717, 1.165) is 0 Å². The van der Waals surface area contributed by atoms with Gasteiger partial charge >= 0.3 is 0 Å². The molecule has 0 bridgehead atoms. The van der Waals surface area contributed by atoms with Gasteiger partial charge in [-0.3, -0.25) is 0 Å². The van der Waals surface area contributed by atoms with Crippen molar-refractivity contribution in [2.24, 2.45) is 0 Å². The van der Waals surface area contributed by atoms with Crippen molar-refractivity contribution in [3.05, 3.63) is 59.7 Å². The van der Waals surface area contributed by atoms with Crippen molar-refractivity contribution in [1.29, 1.82) is 0 Å². The molecule has 2 nitrogen and oxygen atoms in total. The molecule has 0 fully saturated rings. The molecule has 0 amide bonds. The van der Waals surface area contributed by atoms with Crippen LogP contribution in [0.2, 0.25) is 0 Å². The number of benzene rings is 2. The molecule has 3 heteroatoms. The van der Waals surface area contributed by atoms with Gasteiger partial charge in [0.2, 0.25) is 0 Å². The van der Waals surface area contributed by atoms with Gasteiger partial charge in [0.05, 0.1) is 6.61 Å². The third-order valence-electron chi connectivity index (χ3n) is 3.27. The molecule has 18 heavy (non-hydrogen) atoms. The van der Waals surface area contributed by atoms with E-state index in [9.17, 15) is 4.79 Å². The van der Waals surface area contributed by atoms with Crippen LogP contribution in [0.3, 0.4) is 0 Å². The first-order valence-corrected chi connectivity index (χ1v) is 5.59. The number of carbonyl (C=O) groups excluding carboxylic acids is 1. The van der Waals surface area contributed by atoms with Crippen LogP contribution in [0.1, 0.15) is 17.0 Å². The van der Waals surface area contributed by atoms with Gasteiger partial charge in [-0.15, -0.1) is 0 Å². The van der Waals surface area contributed by atoms with E-state index in [1.54, 1.807) is 0 Å². The Morgan fingerprint density at radius 1 is 0.944 bits per heavy atom. The van der Waals surface area contributed by atoms with Gasteiger partial charge in [0, 0.05) is 31.8 Å². The summed E-state index contributed by atoms with van der Waals surface area (Å²) in [4.78, 5) is 10.2. The maximum atomic E-state index is 10.2. The smallest absolute Gasteiger partial charge is 0.0593 e. The summed E-state index contributed by atoms with van der Waals surface area (Å²) in [7, 11) is 0. The first-order valence-electron chi connectivity index (χ1n) is 5.59. The van der Waals surface area contributed by atoms with Crippen LogP contribution in [0.4, 0.5) is 0 Å². The summed E-state index contributed by atoms with van der Waals surface area (Å²) in [6.07, 6.45) is 0. The molecule has 0 unspecified atom stereocenters. The minimum atomic E-state index is 0. The molecule has 0 spiro atoms. The van der Waals surface area contributed by atoms with Crippen LogP contribution in [0, 0.1) is 0 Å². The number of ether oxygens (including phenoxy) is 1. The van der Waals surface area contributed by atoms with E-state index in [4.69, 9.17) is 4.74 Å². The summed E-state index contributed by atoms with van der Waals surface area (Å²) < 4.78 is 4.83. The third kappa shape index (κ3) is 2.07. The Bertz CT molecular complexity index is 520. The maximum Gasteiger partial charge on any atom is 0.0593 e. The molecule has 3 rings (SSSR count). The van der Waals surface area contributed by atoms with E-state index in [2.05, 4.69) is 24.3 Å². The van der Waals surface area contributed by atoms with Crippen LogP contribution in [0.5, 0.6) is 0 Å². The molecule has 2 aromatic rings. The number of hydrogen-bond acceptors (Lipinski definition) is 2. The van der Waals surface area contributed by atoms with Gasteiger partial charge in [0.25, 0.3) is 0 Å². The van der Waals surface area contributed by atoms with Gasteiger partial charge in [-0.05, 0) is 22.3 Å². The van der Waals surface area contributed by atoms with Crippen LogP contribution in [0.25, 0.3) is 11.1 Å². The summed E-state index contributed by atoms with van der Waals surface area (Å²) in [6, 6.07) is 16.5. The minimum Gasteiger partial charge on any atom is -0.652 e. The zero-order valence-corrected chi connectivity index (χ0v) is 11.6. The molecule has 0 saturated heterocycles. The van der Waals surface area contributed by atoms with Gasteiger partial charge in [-0.2, -0.15) is 0 Å². The van der Waals surface area contributed by atoms with Crippen LogP contribution in [0.15, 0.2) is 48.5 Å². The SMILES string of the molecule is O=[C-]OCC1c2ccccc2-c2ccccc21.[Sc]. The molecule has 87 valence electrons. The summed E-state index contributed by atoms with van der Waals surface area (Å²) in [5.74, 6) is 0.142. The first-order chi connectivity index (χ1) is 8.42. The Hall–Kier alpha value is -1.22. The van der Waals surface area contributed by atoms with Gasteiger partial charge in [-0.25, -0.2) is 0 Å². The minimum absolute atomic E-state index is 0. The van der Waals surface area contributed by atoms with Crippen LogP contribution < -0.4 is 0 Å². The molecule has 0 heterocycles. The van der Waals surface area contributed by atoms with Crippen molar-refractivity contribution in [3.8, 4) is 11.1 Å². The average molecular weight is 268 g/mol. The zero-order valence-electron chi connectivity index (χ0n) is 9.80. The first kappa shape index (κ1) is 13.2. The predicted molar refractivity (Wildman–Crippen MR) is 65.4 cm³/mol. The molecule has 0 atom stereocenters. The standard InChI is InChI=1S/C15H11O2.Sc/c16-10-17-9-15-13-7-3-1-5-11(13)12-6-2-4-8-14(12)15;/h1-8,15H,9H2;/q-1;. The molecule has 0 aromatic heterocycles. The molecule has 0 aliphatic heterocycles. The third-order valence-corrected chi connectivity index (χ3v) is 3.27. The Morgan fingerprint density at radius 3 is 1.94 bits per heavy atom. The molecular weight excluding hydrogens is 257 g/mol. The van der Waals surface area contributed by atoms with Crippen molar-refractivity contribution in [1.82, 2.24) is 0 Å². The van der Waals surface area contributed by atoms with E-state index in [1.807, 2.05) is 24.3 Å². The topological polar surface area (TPSA) is 26.3 Å². The monoisotopic (exact) mass is 268 g/mol. The summed E-state index contributed by atoms with van der Waals surface area (Å²) in [5.41, 5.74) is 4.93. The van der Waals surface area contributed by atoms with Crippen molar-refractivity contribution < 1.29 is 35.4 Å². The zero-order chi connectivity index (χ0) is 11.7. The largest absolute Gasteiger partial charge is 0.652 e. The number of fused-ring (bicyclic) bond motifs is 3. The Kier molecular flexibility index (Phi) is 4.12. The van der Waals surface area contributed by atoms with Crippen LogP contribution >= 0.6 is 0 Å². The van der Waals surface area contributed by atoms with Crippen molar-refractivity contribution in [3.63, 3.8) is 0 Å². The van der Waals surface area contributed by atoms with Gasteiger partial charge in [0.1, 0.15) is 0 Å². The molecule has 1 aliphatic rings. The maximum absolute atomic E-state index is 10.2. The number of hydrogen-bond donors (Lipinski definition) is 0. The normalized spacial score (nSPS) is 12.2. The quantitative estimate of drug-likeness (QED) is 0.800. The second-order valence-electron chi connectivity index (χ2n) is 4.12. The summed E-state index contributed by atoms with van der Waals surface area (Å²) in [6.45, 7) is 1.86. The van der Waals surface area contributed by atoms with Crippen LogP contribution in [-0.2, 0) is 35.4 Å². The Balaban J connectivity index is 0.00000120. The average Bonchev–Trinajstić information content (AvgIpc) is 2.71. The fraction of sp³-hybridized carbons (Fsp3) is 0.133. The second-order valence-corrected chi connectivity index (χ2v) is 4.12. The number of rotatable bonds is 3. The molecule has 1 radical (unpaired) electrons. The molecule has 1 aliphatic carbocycles. The van der Waals surface area contributed by atoms with Gasteiger partial charge < -0.3 is 9.53 Å². The Labute approximate surface area is 125 Å². The van der Waals surface area contributed by atoms with E-state index in [-0.39, 0.29) is 31.8 Å². The molecular formula is C15H11O2Sc-. The molecule has 0 saturated carbocycles. The van der Waals surface area contributed by atoms with Crippen molar-refractivity contribution >= 4 is 6.47 Å².